The summed E-state index contributed by atoms with van der Waals surface area (Å²) in [5, 5.41) is -0.226. The van der Waals surface area contributed by atoms with Crippen LogP contribution >= 0.6 is 11.6 Å². The average Bonchev–Trinajstić information content (AvgIpc) is 2.73. The molecular formula is C23H19ClF3NO3. The second kappa shape index (κ2) is 8.98. The van der Waals surface area contributed by atoms with Crippen LogP contribution < -0.4 is 9.47 Å². The molecule has 0 saturated carbocycles. The number of nitrogens with zero attached hydrogens (tertiary/aromatic N) is 1. The molecule has 2 aromatic carbocycles. The predicted molar refractivity (Wildman–Crippen MR) is 111 cm³/mol. The van der Waals surface area contributed by atoms with Crippen LogP contribution in [0.3, 0.4) is 0 Å². The molecule has 0 unspecified atom stereocenters. The van der Waals surface area contributed by atoms with Crippen molar-refractivity contribution >= 4 is 17.9 Å². The van der Waals surface area contributed by atoms with E-state index < -0.39 is 11.7 Å². The molecule has 0 radical (unpaired) electrons. The highest BCUT2D eigenvalue weighted by Gasteiger charge is 2.32. The molecule has 0 fully saturated rings. The average molecular weight is 450 g/mol. The van der Waals surface area contributed by atoms with E-state index in [4.69, 9.17) is 21.1 Å². The van der Waals surface area contributed by atoms with Crippen LogP contribution in [-0.2, 0) is 16.4 Å². The van der Waals surface area contributed by atoms with E-state index in [-0.39, 0.29) is 22.9 Å². The first-order valence-electron chi connectivity index (χ1n) is 9.29. The Kier molecular flexibility index (Phi) is 6.55. The Bertz CT molecular complexity index is 1050. The molecule has 0 bridgehead atoms. The van der Waals surface area contributed by atoms with Crippen LogP contribution in [0.5, 0.6) is 17.4 Å². The van der Waals surface area contributed by atoms with E-state index in [1.54, 1.807) is 24.3 Å². The first-order chi connectivity index (χ1) is 14.6. The summed E-state index contributed by atoms with van der Waals surface area (Å²) in [7, 11) is 0. The normalized spacial score (nSPS) is 11.8. The van der Waals surface area contributed by atoms with Crippen LogP contribution in [0.25, 0.3) is 0 Å². The Morgan fingerprint density at radius 2 is 1.48 bits per heavy atom. The minimum Gasteiger partial charge on any atom is -0.486 e. The Labute approximate surface area is 182 Å². The van der Waals surface area contributed by atoms with E-state index in [1.807, 2.05) is 24.3 Å². The summed E-state index contributed by atoms with van der Waals surface area (Å²) in [6, 6.07) is 15.4. The fraction of sp³-hybridized carbons (Fsp3) is 0.217. The van der Waals surface area contributed by atoms with Gasteiger partial charge < -0.3 is 9.47 Å². The van der Waals surface area contributed by atoms with E-state index in [1.165, 1.54) is 0 Å². The zero-order chi connectivity index (χ0) is 22.6. The highest BCUT2D eigenvalue weighted by molar-refractivity contribution is 6.31. The maximum Gasteiger partial charge on any atom is 0.417 e. The lowest BCUT2D eigenvalue weighted by Crippen LogP contribution is -2.18. The Hall–Kier alpha value is -3.06. The van der Waals surface area contributed by atoms with Gasteiger partial charge in [-0.3, -0.25) is 4.79 Å². The van der Waals surface area contributed by atoms with Gasteiger partial charge in [0.2, 0.25) is 5.88 Å². The van der Waals surface area contributed by atoms with Gasteiger partial charge in [-0.2, -0.15) is 13.2 Å². The fourth-order valence-corrected chi connectivity index (χ4v) is 3.18. The summed E-state index contributed by atoms with van der Waals surface area (Å²) in [4.78, 5) is 14.1. The standard InChI is InChI=1S/C23H19ClF3NO3/c1-22(2,15-3-7-18(8-4-15)30-12-11-29)16-5-9-19(10-6-16)31-21-20(24)13-17(14-28-21)23(25,26)27/h3-11,13-14H,12H2,1-2H3. The van der Waals surface area contributed by atoms with Crippen molar-refractivity contribution in [2.45, 2.75) is 25.4 Å². The molecule has 0 aliphatic rings. The number of alkyl halides is 3. The van der Waals surface area contributed by atoms with Crippen LogP contribution in [0.2, 0.25) is 5.02 Å². The SMILES string of the molecule is CC(C)(c1ccc(OCC=O)cc1)c1ccc(Oc2ncc(C(F)(F)F)cc2Cl)cc1. The van der Waals surface area contributed by atoms with E-state index in [0.717, 1.165) is 17.2 Å². The summed E-state index contributed by atoms with van der Waals surface area (Å²) in [6.07, 6.45) is -3.16. The van der Waals surface area contributed by atoms with Crippen molar-refractivity contribution in [2.24, 2.45) is 0 Å². The predicted octanol–water partition coefficient (Wildman–Crippen LogP) is 6.45. The number of rotatable bonds is 7. The number of ether oxygens (including phenoxy) is 2. The summed E-state index contributed by atoms with van der Waals surface area (Å²) < 4.78 is 49.0. The topological polar surface area (TPSA) is 48.4 Å². The van der Waals surface area contributed by atoms with E-state index >= 15 is 0 Å². The number of carbonyl (C=O) groups excluding carboxylic acids is 1. The number of carbonyl (C=O) groups is 1. The van der Waals surface area contributed by atoms with E-state index in [0.29, 0.717) is 24.0 Å². The highest BCUT2D eigenvalue weighted by Crippen LogP contribution is 2.36. The lowest BCUT2D eigenvalue weighted by molar-refractivity contribution is -0.137. The zero-order valence-electron chi connectivity index (χ0n) is 16.7. The summed E-state index contributed by atoms with van der Waals surface area (Å²) in [6.45, 7) is 4.11. The van der Waals surface area contributed by atoms with E-state index in [2.05, 4.69) is 18.8 Å². The van der Waals surface area contributed by atoms with Gasteiger partial charge in [0, 0.05) is 11.6 Å². The third-order valence-electron chi connectivity index (χ3n) is 4.82. The number of pyridine rings is 1. The summed E-state index contributed by atoms with van der Waals surface area (Å²) >= 11 is 5.90. The first kappa shape index (κ1) is 22.6. The minimum atomic E-state index is -4.53. The quantitative estimate of drug-likeness (QED) is 0.389. The monoisotopic (exact) mass is 449 g/mol. The molecule has 0 aliphatic carbocycles. The molecule has 3 rings (SSSR count). The molecule has 162 valence electrons. The number of halogens is 4. The van der Waals surface area contributed by atoms with Crippen molar-refractivity contribution in [3.63, 3.8) is 0 Å². The number of aldehydes is 1. The molecular weight excluding hydrogens is 431 g/mol. The lowest BCUT2D eigenvalue weighted by atomic mass is 9.78. The van der Waals surface area contributed by atoms with Gasteiger partial charge >= 0.3 is 6.18 Å². The lowest BCUT2D eigenvalue weighted by Gasteiger charge is -2.26. The highest BCUT2D eigenvalue weighted by atomic mass is 35.5. The third kappa shape index (κ3) is 5.35. The molecule has 0 saturated heterocycles. The molecule has 4 nitrogen and oxygen atoms in total. The number of benzene rings is 2. The van der Waals surface area contributed by atoms with Gasteiger partial charge in [-0.05, 0) is 41.5 Å². The molecule has 31 heavy (non-hydrogen) atoms. The second-order valence-corrected chi connectivity index (χ2v) is 7.67. The van der Waals surface area contributed by atoms with Crippen LogP contribution in [0.4, 0.5) is 13.2 Å². The second-order valence-electron chi connectivity index (χ2n) is 7.26. The smallest absolute Gasteiger partial charge is 0.417 e. The number of hydrogen-bond donors (Lipinski definition) is 0. The number of hydrogen-bond acceptors (Lipinski definition) is 4. The van der Waals surface area contributed by atoms with Gasteiger partial charge in [0.05, 0.1) is 5.56 Å². The van der Waals surface area contributed by atoms with Gasteiger partial charge in [-0.15, -0.1) is 0 Å². The summed E-state index contributed by atoms with van der Waals surface area (Å²) in [5.41, 5.74) is 0.746. The molecule has 3 aromatic rings. The van der Waals surface area contributed by atoms with Gasteiger partial charge in [-0.1, -0.05) is 49.7 Å². The molecule has 0 aliphatic heterocycles. The molecule has 1 heterocycles. The molecule has 0 N–H and O–H groups in total. The van der Waals surface area contributed by atoms with Crippen molar-refractivity contribution in [3.05, 3.63) is 82.5 Å². The first-order valence-corrected chi connectivity index (χ1v) is 9.67. The van der Waals surface area contributed by atoms with Crippen LogP contribution in [0.1, 0.15) is 30.5 Å². The van der Waals surface area contributed by atoms with Gasteiger partial charge in [0.25, 0.3) is 0 Å². The van der Waals surface area contributed by atoms with Crippen molar-refractivity contribution < 1.29 is 27.4 Å². The van der Waals surface area contributed by atoms with Crippen molar-refractivity contribution in [1.29, 1.82) is 0 Å². The van der Waals surface area contributed by atoms with Gasteiger partial charge in [-0.25, -0.2) is 4.98 Å². The van der Waals surface area contributed by atoms with Gasteiger partial charge in [0.1, 0.15) is 23.1 Å². The largest absolute Gasteiger partial charge is 0.486 e. The van der Waals surface area contributed by atoms with Crippen LogP contribution in [-0.4, -0.2) is 17.9 Å². The number of aromatic nitrogens is 1. The Morgan fingerprint density at radius 3 is 1.97 bits per heavy atom. The van der Waals surface area contributed by atoms with Crippen LogP contribution in [0, 0.1) is 0 Å². The third-order valence-corrected chi connectivity index (χ3v) is 5.09. The Balaban J connectivity index is 1.75. The molecule has 0 spiro atoms. The van der Waals surface area contributed by atoms with Crippen molar-refractivity contribution in [2.75, 3.05) is 6.61 Å². The maximum atomic E-state index is 12.7. The maximum absolute atomic E-state index is 12.7. The van der Waals surface area contributed by atoms with Crippen molar-refractivity contribution in [3.8, 4) is 17.4 Å². The molecule has 8 heteroatoms. The van der Waals surface area contributed by atoms with Crippen LogP contribution in [0.15, 0.2) is 60.8 Å². The molecule has 0 atom stereocenters. The van der Waals surface area contributed by atoms with E-state index in [9.17, 15) is 18.0 Å². The molecule has 1 aromatic heterocycles. The Morgan fingerprint density at radius 1 is 0.935 bits per heavy atom. The minimum absolute atomic E-state index is 0.00199. The molecule has 0 amide bonds. The van der Waals surface area contributed by atoms with Crippen molar-refractivity contribution in [1.82, 2.24) is 4.98 Å². The summed E-state index contributed by atoms with van der Waals surface area (Å²) in [5.74, 6) is 0.898. The zero-order valence-corrected chi connectivity index (χ0v) is 17.5. The fourth-order valence-electron chi connectivity index (χ4n) is 2.97. The van der Waals surface area contributed by atoms with Gasteiger partial charge in [0.15, 0.2) is 6.29 Å².